The monoisotopic (exact) mass is 268 g/mol. The number of hydrazine groups is 1. The number of hydrogen-bond donors (Lipinski definition) is 2. The fourth-order valence-electron chi connectivity index (χ4n) is 1.88. The van der Waals surface area contributed by atoms with Crippen molar-refractivity contribution in [2.45, 2.75) is 6.04 Å². The van der Waals surface area contributed by atoms with Crippen molar-refractivity contribution in [2.75, 3.05) is 14.2 Å². The quantitative estimate of drug-likeness (QED) is 0.626. The van der Waals surface area contributed by atoms with Gasteiger partial charge in [0.2, 0.25) is 0 Å². The molecule has 0 fully saturated rings. The number of aromatic nitrogens is 2. The smallest absolute Gasteiger partial charge is 0.162 e. The molecule has 2 rings (SSSR count). The lowest BCUT2D eigenvalue weighted by Gasteiger charge is -2.17. The van der Waals surface area contributed by atoms with E-state index in [0.29, 0.717) is 5.75 Å². The summed E-state index contributed by atoms with van der Waals surface area (Å²) in [7, 11) is 5.10. The van der Waals surface area contributed by atoms with Crippen LogP contribution < -0.4 is 20.7 Å². The third kappa shape index (κ3) is 2.07. The van der Waals surface area contributed by atoms with Gasteiger partial charge in [-0.3, -0.25) is 10.5 Å². The fourth-order valence-corrected chi connectivity index (χ4v) is 2.80. The van der Waals surface area contributed by atoms with Gasteiger partial charge in [-0.15, -0.1) is 11.3 Å². The van der Waals surface area contributed by atoms with Crippen molar-refractivity contribution in [2.24, 2.45) is 12.9 Å². The predicted octanol–water partition coefficient (Wildman–Crippen LogP) is 1.05. The van der Waals surface area contributed by atoms with Gasteiger partial charge >= 0.3 is 0 Å². The molecule has 0 aliphatic rings. The molecular weight excluding hydrogens is 252 g/mol. The van der Waals surface area contributed by atoms with E-state index in [4.69, 9.17) is 15.3 Å². The largest absolute Gasteiger partial charge is 0.496 e. The number of nitrogens with one attached hydrogen (secondary N) is 1. The Hall–Kier alpha value is -1.57. The van der Waals surface area contributed by atoms with Crippen LogP contribution in [0.25, 0.3) is 0 Å². The summed E-state index contributed by atoms with van der Waals surface area (Å²) in [6.45, 7) is 0. The molecule has 18 heavy (non-hydrogen) atoms. The number of nitrogens with two attached hydrogens (primary N) is 1. The third-order valence-electron chi connectivity index (χ3n) is 2.75. The molecule has 0 saturated carbocycles. The topological polar surface area (TPSA) is 74.3 Å². The predicted molar refractivity (Wildman–Crippen MR) is 69.8 cm³/mol. The van der Waals surface area contributed by atoms with Gasteiger partial charge in [-0.05, 0) is 11.4 Å². The second-order valence-electron chi connectivity index (χ2n) is 3.67. The molecule has 0 aliphatic carbocycles. The van der Waals surface area contributed by atoms with Crippen molar-refractivity contribution in [1.82, 2.24) is 15.2 Å². The molecule has 2 aromatic heterocycles. The van der Waals surface area contributed by atoms with E-state index in [9.17, 15) is 0 Å². The van der Waals surface area contributed by atoms with Gasteiger partial charge in [0.25, 0.3) is 0 Å². The molecule has 7 heteroatoms. The summed E-state index contributed by atoms with van der Waals surface area (Å²) in [6.07, 6.45) is 1.67. The first kappa shape index (κ1) is 12.9. The summed E-state index contributed by atoms with van der Waals surface area (Å²) in [4.78, 5) is 0.988. The van der Waals surface area contributed by atoms with Crippen molar-refractivity contribution >= 4 is 11.3 Å². The maximum absolute atomic E-state index is 5.68. The Kier molecular flexibility index (Phi) is 3.85. The van der Waals surface area contributed by atoms with E-state index in [1.807, 2.05) is 18.5 Å². The molecule has 0 amide bonds. The van der Waals surface area contributed by atoms with Crippen LogP contribution in [0.1, 0.15) is 16.6 Å². The Labute approximate surface area is 109 Å². The second kappa shape index (κ2) is 5.38. The number of aryl methyl sites for hydroxylation is 1. The Bertz CT molecular complexity index is 523. The van der Waals surface area contributed by atoms with Gasteiger partial charge in [-0.2, -0.15) is 5.10 Å². The second-order valence-corrected chi connectivity index (χ2v) is 4.62. The fraction of sp³-hybridized carbons (Fsp3) is 0.364. The first-order chi connectivity index (χ1) is 8.72. The molecule has 6 nitrogen and oxygen atoms in total. The lowest BCUT2D eigenvalue weighted by molar-refractivity contribution is 0.393. The van der Waals surface area contributed by atoms with Crippen LogP contribution in [0.2, 0.25) is 0 Å². The van der Waals surface area contributed by atoms with Gasteiger partial charge in [0, 0.05) is 7.05 Å². The van der Waals surface area contributed by atoms with Gasteiger partial charge in [-0.25, -0.2) is 5.43 Å². The van der Waals surface area contributed by atoms with E-state index < -0.39 is 0 Å². The number of methoxy groups -OCH3 is 2. The summed E-state index contributed by atoms with van der Waals surface area (Å²) in [5.41, 5.74) is 3.65. The molecule has 0 saturated heterocycles. The Morgan fingerprint density at radius 2 is 2.11 bits per heavy atom. The molecule has 2 aromatic rings. The summed E-state index contributed by atoms with van der Waals surface area (Å²) >= 11 is 1.57. The maximum atomic E-state index is 5.68. The van der Waals surface area contributed by atoms with E-state index in [2.05, 4.69) is 10.5 Å². The molecule has 0 aliphatic heterocycles. The van der Waals surface area contributed by atoms with Crippen LogP contribution in [0.3, 0.4) is 0 Å². The molecule has 0 radical (unpaired) electrons. The summed E-state index contributed by atoms with van der Waals surface area (Å²) in [5.74, 6) is 7.16. The molecule has 1 atom stereocenters. The van der Waals surface area contributed by atoms with Crippen molar-refractivity contribution in [3.8, 4) is 11.5 Å². The third-order valence-corrected chi connectivity index (χ3v) is 3.71. The van der Waals surface area contributed by atoms with E-state index in [-0.39, 0.29) is 6.04 Å². The number of thiophene rings is 1. The van der Waals surface area contributed by atoms with E-state index >= 15 is 0 Å². The zero-order chi connectivity index (χ0) is 13.1. The van der Waals surface area contributed by atoms with Crippen molar-refractivity contribution in [3.63, 3.8) is 0 Å². The molecule has 0 aromatic carbocycles. The minimum atomic E-state index is -0.220. The van der Waals surface area contributed by atoms with Crippen LogP contribution in [-0.4, -0.2) is 24.0 Å². The van der Waals surface area contributed by atoms with E-state index in [1.54, 1.807) is 36.4 Å². The highest BCUT2D eigenvalue weighted by Crippen LogP contribution is 2.37. The zero-order valence-electron chi connectivity index (χ0n) is 10.5. The Morgan fingerprint density at radius 3 is 2.72 bits per heavy atom. The van der Waals surface area contributed by atoms with Crippen molar-refractivity contribution < 1.29 is 9.47 Å². The van der Waals surface area contributed by atoms with Crippen molar-refractivity contribution in [1.29, 1.82) is 0 Å². The molecule has 0 spiro atoms. The summed E-state index contributed by atoms with van der Waals surface area (Å²) < 4.78 is 12.4. The van der Waals surface area contributed by atoms with Crippen LogP contribution in [0.5, 0.6) is 11.5 Å². The average molecular weight is 268 g/mol. The molecular formula is C11H16N4O2S. The lowest BCUT2D eigenvalue weighted by Crippen LogP contribution is -2.30. The van der Waals surface area contributed by atoms with Gasteiger partial charge < -0.3 is 9.47 Å². The molecule has 0 bridgehead atoms. The Morgan fingerprint density at radius 1 is 1.39 bits per heavy atom. The Balaban J connectivity index is 2.48. The normalized spacial score (nSPS) is 12.4. The average Bonchev–Trinajstić information content (AvgIpc) is 2.98. The van der Waals surface area contributed by atoms with E-state index in [0.717, 1.165) is 16.3 Å². The SMILES string of the molecule is COc1ccsc1C(NN)c1c(OC)cnn1C. The van der Waals surface area contributed by atoms with Crippen LogP contribution in [-0.2, 0) is 7.05 Å². The highest BCUT2D eigenvalue weighted by atomic mass is 32.1. The first-order valence-electron chi connectivity index (χ1n) is 5.36. The van der Waals surface area contributed by atoms with Gasteiger partial charge in [0.1, 0.15) is 17.5 Å². The highest BCUT2D eigenvalue weighted by Gasteiger charge is 2.25. The molecule has 98 valence electrons. The number of hydrogen-bond acceptors (Lipinski definition) is 6. The lowest BCUT2D eigenvalue weighted by atomic mass is 10.1. The molecule has 1 unspecified atom stereocenters. The van der Waals surface area contributed by atoms with Gasteiger partial charge in [0.05, 0.1) is 25.3 Å². The number of nitrogens with zero attached hydrogens (tertiary/aromatic N) is 2. The van der Waals surface area contributed by atoms with Gasteiger partial charge in [0.15, 0.2) is 5.75 Å². The zero-order valence-corrected chi connectivity index (χ0v) is 11.3. The number of ether oxygens (including phenoxy) is 2. The van der Waals surface area contributed by atoms with Crippen LogP contribution in [0.15, 0.2) is 17.6 Å². The first-order valence-corrected chi connectivity index (χ1v) is 6.24. The highest BCUT2D eigenvalue weighted by molar-refractivity contribution is 7.10. The molecule has 3 N–H and O–H groups in total. The standard InChI is InChI=1S/C11H16N4O2S/c1-15-10(8(17-3)6-13-15)9(14-12)11-7(16-2)4-5-18-11/h4-6,9,14H,12H2,1-3H3. The minimum Gasteiger partial charge on any atom is -0.496 e. The van der Waals surface area contributed by atoms with Crippen LogP contribution in [0, 0.1) is 0 Å². The van der Waals surface area contributed by atoms with Crippen LogP contribution in [0.4, 0.5) is 0 Å². The van der Waals surface area contributed by atoms with Gasteiger partial charge in [-0.1, -0.05) is 0 Å². The van der Waals surface area contributed by atoms with E-state index in [1.165, 1.54) is 0 Å². The number of rotatable bonds is 5. The maximum Gasteiger partial charge on any atom is 0.162 e. The summed E-state index contributed by atoms with van der Waals surface area (Å²) in [6, 6.07) is 1.69. The van der Waals surface area contributed by atoms with Crippen molar-refractivity contribution in [3.05, 3.63) is 28.2 Å². The van der Waals surface area contributed by atoms with Crippen LogP contribution >= 0.6 is 11.3 Å². The minimum absolute atomic E-state index is 0.220. The molecule has 2 heterocycles. The summed E-state index contributed by atoms with van der Waals surface area (Å²) in [5, 5.41) is 6.14.